The van der Waals surface area contributed by atoms with Crippen molar-refractivity contribution >= 4 is 69.6 Å². The fourth-order valence-electron chi connectivity index (χ4n) is 21.8. The molecule has 34 nitrogen and oxygen atoms in total. The van der Waals surface area contributed by atoms with E-state index in [0.717, 1.165) is 231 Å². The van der Waals surface area contributed by atoms with Gasteiger partial charge in [-0.3, -0.25) is 56.6 Å². The SMILES string of the molecule is CC(=O)N1CCc2c(c(N3CCc4c(F)cc(-c5cnn(C)c5)cc43)nn2C2CCOC2)C1.CC(=O)N1CCc2c(c(N3CCc4cc(-c5cn(C)nc5C#N)ccc43)nn2C2CCOC2)C1.CC(=O)N1CCc2c(c(N3CCc4cc(-c5cnn(C)c5C)ccc43)nn2[C@@H]2CCOC2)C1.CC(=O)N1CCc2c(c(N3CCc4cc(C#N)c(-c5cnn(C)c5)cc43)nn2C2CCOC2)C1. The van der Waals surface area contributed by atoms with Gasteiger partial charge in [0.1, 0.15) is 11.9 Å². The minimum absolute atomic E-state index is 0.0651. The second-order valence-electron chi connectivity index (χ2n) is 37.2. The summed E-state index contributed by atoms with van der Waals surface area (Å²) in [7, 11) is 7.54. The summed E-state index contributed by atoms with van der Waals surface area (Å²) in [4.78, 5) is 65.4. The van der Waals surface area contributed by atoms with Gasteiger partial charge in [0.2, 0.25) is 23.6 Å². The van der Waals surface area contributed by atoms with Gasteiger partial charge in [-0.2, -0.15) is 51.3 Å². The lowest BCUT2D eigenvalue weighted by Gasteiger charge is -2.28. The lowest BCUT2D eigenvalue weighted by atomic mass is 9.98. The molecule has 4 fully saturated rings. The van der Waals surface area contributed by atoms with E-state index in [1.807, 2.05) is 89.4 Å². The molecular weight excluding hydrogens is 1700 g/mol. The Kier molecular flexibility index (Phi) is 23.2. The zero-order valence-corrected chi connectivity index (χ0v) is 77.4. The maximum Gasteiger partial charge on any atom is 0.219 e. The van der Waals surface area contributed by atoms with Crippen LogP contribution in [0.3, 0.4) is 0 Å². The average molecular weight is 1810 g/mol. The number of carbonyl (C=O) groups is 4. The van der Waals surface area contributed by atoms with E-state index in [1.165, 1.54) is 62.0 Å². The Labute approximate surface area is 776 Å². The second kappa shape index (κ2) is 35.7. The highest BCUT2D eigenvalue weighted by Gasteiger charge is 2.42. The molecule has 20 heterocycles. The molecule has 134 heavy (non-hydrogen) atoms. The highest BCUT2D eigenvalue weighted by Crippen LogP contribution is 2.49. The van der Waals surface area contributed by atoms with Crippen LogP contribution >= 0.6 is 0 Å². The van der Waals surface area contributed by atoms with Crippen molar-refractivity contribution < 1.29 is 42.5 Å². The lowest BCUT2D eigenvalue weighted by molar-refractivity contribution is -0.130. The predicted molar refractivity (Wildman–Crippen MR) is 498 cm³/mol. The standard InChI is InChI=1S/2C25H27N7O2.C25H30N6O2.C24H27FN6O2/c1-16(33)30-6-4-23-22(14-30)25(28-32(23)20-5-8-34-15-20)31-7-3-17-9-18(11-26)21(10-24(17)31)19-12-27-29(2)13-19;1-16(33)30-8-6-24-21(14-30)25(28-32(24)19-7-10-34-15-19)31-9-5-18-11-17(3-4-23(18)31)20-13-29(2)27-22(20)12-26;1-16-21(13-26-28(16)3)18-4-5-23-19(12-18)6-10-30(23)25-22-14-29(17(2)32)9-7-24(22)31(27-25)20-8-11-33-15-20;1-15(32)29-6-4-22-20(13-29)24(27-31(22)18-5-8-33-14-18)30-7-3-19-21(25)9-16(10-23(19)30)17-11-26-28(2)12-17/h9-10,12-13,20H,3-8,14-15H2,1-2H3;3-4,11,13,19H,5-10,14-15H2,1-2H3;4-5,12-13,20H,6-11,14-15H2,1-3H3;9-12,18H,3-8,13-14H2,1-2H3/t;;20-;/m..1./s1. The molecule has 12 aromatic rings. The zero-order valence-electron chi connectivity index (χ0n) is 77.4. The summed E-state index contributed by atoms with van der Waals surface area (Å²) in [6.07, 6.45) is 21.6. The number of halogens is 1. The van der Waals surface area contributed by atoms with Crippen molar-refractivity contribution in [3.8, 4) is 56.6 Å². The van der Waals surface area contributed by atoms with Crippen LogP contribution in [0.5, 0.6) is 0 Å². The van der Waals surface area contributed by atoms with Gasteiger partial charge in [0.05, 0.1) is 107 Å². The quantitative estimate of drug-likeness (QED) is 0.110. The molecule has 3 unspecified atom stereocenters. The molecule has 4 saturated heterocycles. The van der Waals surface area contributed by atoms with Crippen LogP contribution in [0.25, 0.3) is 44.5 Å². The van der Waals surface area contributed by atoms with Crippen LogP contribution in [0.2, 0.25) is 0 Å². The first-order valence-corrected chi connectivity index (χ1v) is 47.0. The molecule has 692 valence electrons. The van der Waals surface area contributed by atoms with E-state index in [-0.39, 0.29) is 53.6 Å². The minimum atomic E-state index is -0.197. The zero-order chi connectivity index (χ0) is 92.2. The van der Waals surface area contributed by atoms with E-state index in [2.05, 4.69) is 120 Å². The first-order valence-electron chi connectivity index (χ1n) is 47.0. The van der Waals surface area contributed by atoms with Gasteiger partial charge in [0, 0.05) is 286 Å². The molecule has 0 aliphatic carbocycles. The van der Waals surface area contributed by atoms with Crippen molar-refractivity contribution in [1.82, 2.24) is 97.8 Å². The first kappa shape index (κ1) is 87.1. The van der Waals surface area contributed by atoms with E-state index >= 15 is 4.39 Å². The van der Waals surface area contributed by atoms with Gasteiger partial charge in [-0.25, -0.2) is 4.39 Å². The normalized spacial score (nSPS) is 19.5. The monoisotopic (exact) mass is 1810 g/mol. The number of carbonyl (C=O) groups excluding carboxylic acids is 4. The molecule has 4 amide bonds. The minimum Gasteiger partial charge on any atom is -0.379 e. The van der Waals surface area contributed by atoms with Crippen LogP contribution in [0, 0.1) is 35.4 Å². The van der Waals surface area contributed by atoms with E-state index in [4.69, 9.17) is 39.3 Å². The van der Waals surface area contributed by atoms with Crippen molar-refractivity contribution in [2.24, 2.45) is 28.2 Å². The Morgan fingerprint density at radius 2 is 0.784 bits per heavy atom. The Balaban J connectivity index is 0.000000107. The van der Waals surface area contributed by atoms with Crippen molar-refractivity contribution in [3.05, 3.63) is 188 Å². The Bertz CT molecular complexity index is 6720. The summed E-state index contributed by atoms with van der Waals surface area (Å²) >= 11 is 0. The Hall–Kier alpha value is -13.6. The summed E-state index contributed by atoms with van der Waals surface area (Å²) in [5, 5.41) is 57.0. The van der Waals surface area contributed by atoms with Crippen LogP contribution in [0.1, 0.15) is 162 Å². The van der Waals surface area contributed by atoms with Gasteiger partial charge in [-0.1, -0.05) is 12.1 Å². The van der Waals surface area contributed by atoms with Crippen molar-refractivity contribution in [1.29, 1.82) is 10.5 Å². The largest absolute Gasteiger partial charge is 0.379 e. The highest BCUT2D eigenvalue weighted by molar-refractivity contribution is 5.85. The summed E-state index contributed by atoms with van der Waals surface area (Å²) in [6, 6.07) is 26.4. The maximum atomic E-state index is 15.1. The number of aromatic nitrogens is 16. The molecule has 24 rings (SSSR count). The number of amides is 4. The van der Waals surface area contributed by atoms with Crippen LogP contribution in [0.15, 0.2) is 97.8 Å². The number of anilines is 8. The fraction of sp³-hybridized carbons (Fsp3) is 0.455. The second-order valence-corrected chi connectivity index (χ2v) is 37.2. The van der Waals surface area contributed by atoms with E-state index in [9.17, 15) is 29.7 Å². The highest BCUT2D eigenvalue weighted by atomic mass is 19.1. The number of hydrogen-bond acceptors (Lipinski definition) is 22. The van der Waals surface area contributed by atoms with Gasteiger partial charge in [0.15, 0.2) is 29.0 Å². The van der Waals surface area contributed by atoms with Gasteiger partial charge in [-0.05, 0) is 140 Å². The molecule has 35 heteroatoms. The summed E-state index contributed by atoms with van der Waals surface area (Å²) in [6.45, 7) is 22.8. The fourth-order valence-corrected chi connectivity index (χ4v) is 21.8. The number of nitrogens with zero attached hydrogens (tertiary/aromatic N) is 26. The number of aryl methyl sites for hydroxylation is 4. The smallest absolute Gasteiger partial charge is 0.219 e. The van der Waals surface area contributed by atoms with Gasteiger partial charge < -0.3 is 58.1 Å². The molecule has 0 radical (unpaired) electrons. The molecule has 12 aliphatic rings. The number of rotatable bonds is 12. The molecule has 0 bridgehead atoms. The number of hydrogen-bond donors (Lipinski definition) is 0. The Morgan fingerprint density at radius 3 is 1.16 bits per heavy atom. The summed E-state index contributed by atoms with van der Waals surface area (Å²) < 4.78 is 53.5. The predicted octanol–water partition coefficient (Wildman–Crippen LogP) is 11.6. The number of ether oxygens (including phenoxy) is 4. The van der Waals surface area contributed by atoms with Crippen LogP contribution in [0.4, 0.5) is 50.4 Å². The van der Waals surface area contributed by atoms with Crippen molar-refractivity contribution in [2.45, 2.75) is 162 Å². The number of nitriles is 2. The summed E-state index contributed by atoms with van der Waals surface area (Å²) in [5.41, 5.74) is 28.2. The third-order valence-electron chi connectivity index (χ3n) is 29.1. The molecule has 0 N–H and O–H groups in total. The molecule has 0 saturated carbocycles. The van der Waals surface area contributed by atoms with E-state index < -0.39 is 0 Å². The third-order valence-corrected chi connectivity index (χ3v) is 29.1. The van der Waals surface area contributed by atoms with Gasteiger partial charge in [-0.15, -0.1) is 0 Å². The summed E-state index contributed by atoms with van der Waals surface area (Å²) in [5.74, 6) is 3.91. The topological polar surface area (TPSA) is 321 Å². The molecule has 4 aromatic carbocycles. The average Bonchev–Trinajstić information content (AvgIpc) is 1.61. The van der Waals surface area contributed by atoms with Gasteiger partial charge >= 0.3 is 0 Å². The third kappa shape index (κ3) is 16.0. The van der Waals surface area contributed by atoms with Crippen LogP contribution < -0.4 is 19.6 Å². The van der Waals surface area contributed by atoms with E-state index in [1.54, 1.807) is 60.2 Å². The van der Waals surface area contributed by atoms with Crippen LogP contribution in [-0.4, -0.2) is 227 Å². The lowest BCUT2D eigenvalue weighted by Crippen LogP contribution is -2.35. The van der Waals surface area contributed by atoms with E-state index in [0.29, 0.717) is 89.9 Å². The van der Waals surface area contributed by atoms with Crippen molar-refractivity contribution in [2.75, 3.05) is 125 Å². The molecular formula is C99H111FN26O8. The number of benzene rings is 4. The van der Waals surface area contributed by atoms with Crippen LogP contribution in [-0.2, 0) is 144 Å². The first-order chi connectivity index (χ1) is 65.1. The molecule has 8 aromatic heterocycles. The maximum absolute atomic E-state index is 15.1. The molecule has 4 atom stereocenters. The Morgan fingerprint density at radius 1 is 0.381 bits per heavy atom. The molecule has 0 spiro atoms. The number of fused-ring (bicyclic) bond motifs is 8. The van der Waals surface area contributed by atoms with Gasteiger partial charge in [0.25, 0.3) is 0 Å². The molecule has 12 aliphatic heterocycles. The van der Waals surface area contributed by atoms with Crippen molar-refractivity contribution in [3.63, 3.8) is 0 Å².